The van der Waals surface area contributed by atoms with Gasteiger partial charge in [-0.25, -0.2) is 0 Å². The third kappa shape index (κ3) is 3.09. The number of β-amino-alcohol motifs (C(OH)–C–C–N with tert-alkyl or cyclic N) is 1. The van der Waals surface area contributed by atoms with Crippen molar-refractivity contribution in [1.29, 1.82) is 0 Å². The molecule has 2 bridgehead atoms. The van der Waals surface area contributed by atoms with Gasteiger partial charge >= 0.3 is 0 Å². The topological polar surface area (TPSA) is 32.7 Å². The maximum atomic E-state index is 10.4. The van der Waals surface area contributed by atoms with Crippen molar-refractivity contribution in [2.24, 2.45) is 22.7 Å². The smallest absolute Gasteiger partial charge is 0.0900 e. The second-order valence-electron chi connectivity index (χ2n) is 9.29. The van der Waals surface area contributed by atoms with Gasteiger partial charge < -0.3 is 14.7 Å². The molecule has 3 rings (SSSR count). The Bertz CT molecular complexity index is 392. The first-order valence-electron chi connectivity index (χ1n) is 9.33. The van der Waals surface area contributed by atoms with Gasteiger partial charge in [0.2, 0.25) is 0 Å². The molecule has 0 spiro atoms. The van der Waals surface area contributed by atoms with Crippen molar-refractivity contribution in [2.45, 2.75) is 72.0 Å². The minimum Gasteiger partial charge on any atom is -0.389 e. The zero-order valence-electron chi connectivity index (χ0n) is 15.0. The molecule has 0 amide bonds. The van der Waals surface area contributed by atoms with E-state index < -0.39 is 0 Å². The number of hydrogen-bond acceptors (Lipinski definition) is 3. The molecule has 1 saturated heterocycles. The molecule has 1 heterocycles. The lowest BCUT2D eigenvalue weighted by atomic mass is 9.70. The summed E-state index contributed by atoms with van der Waals surface area (Å²) in [6.07, 6.45) is 6.54. The molecule has 0 aromatic carbocycles. The molecule has 2 saturated carbocycles. The van der Waals surface area contributed by atoms with E-state index in [-0.39, 0.29) is 11.5 Å². The summed E-state index contributed by atoms with van der Waals surface area (Å²) in [5.74, 6) is 1.58. The minimum atomic E-state index is -0.344. The molecular weight excluding hydrogens is 274 g/mol. The van der Waals surface area contributed by atoms with Crippen LogP contribution in [0.2, 0.25) is 0 Å². The Labute approximate surface area is 136 Å². The number of nitrogens with zero attached hydrogens (tertiary/aromatic N) is 1. The number of rotatable bonds is 5. The van der Waals surface area contributed by atoms with E-state index >= 15 is 0 Å². The predicted octanol–water partition coefficient (Wildman–Crippen LogP) is 3.31. The number of likely N-dealkylation sites (tertiary alicyclic amines) is 1. The van der Waals surface area contributed by atoms with Crippen LogP contribution in [0.5, 0.6) is 0 Å². The fourth-order valence-electron chi connectivity index (χ4n) is 5.68. The standard InChI is InChI=1S/C19H35NO2/c1-14-6-5-9-20(11-14)12-16(21)13-22-17-18(2,3)15-7-8-19(17,4)10-15/h14-17,21H,5-13H2,1-4H3/t14-,15+,16+,17-,19+/m1/s1. The molecule has 3 aliphatic rings. The van der Waals surface area contributed by atoms with Crippen molar-refractivity contribution >= 4 is 0 Å². The lowest BCUT2D eigenvalue weighted by molar-refractivity contribution is -0.114. The van der Waals surface area contributed by atoms with E-state index in [1.165, 1.54) is 32.1 Å². The Kier molecular flexibility index (Phi) is 4.61. The van der Waals surface area contributed by atoms with Gasteiger partial charge in [-0.3, -0.25) is 0 Å². The first-order valence-corrected chi connectivity index (χ1v) is 9.33. The Morgan fingerprint density at radius 1 is 1.27 bits per heavy atom. The lowest BCUT2D eigenvalue weighted by Gasteiger charge is -2.43. The molecule has 1 aliphatic heterocycles. The van der Waals surface area contributed by atoms with Gasteiger partial charge in [0.05, 0.1) is 18.8 Å². The normalized spacial score (nSPS) is 42.7. The molecule has 3 nitrogen and oxygen atoms in total. The molecule has 2 aliphatic carbocycles. The summed E-state index contributed by atoms with van der Waals surface area (Å²) in [6, 6.07) is 0. The quantitative estimate of drug-likeness (QED) is 0.846. The van der Waals surface area contributed by atoms with E-state index in [1.54, 1.807) is 0 Å². The van der Waals surface area contributed by atoms with E-state index in [1.807, 2.05) is 0 Å². The van der Waals surface area contributed by atoms with Crippen LogP contribution in [-0.2, 0) is 4.74 Å². The Morgan fingerprint density at radius 3 is 2.68 bits per heavy atom. The van der Waals surface area contributed by atoms with E-state index in [0.717, 1.165) is 31.5 Å². The molecule has 1 N–H and O–H groups in total. The first-order chi connectivity index (χ1) is 10.3. The summed E-state index contributed by atoms with van der Waals surface area (Å²) < 4.78 is 6.31. The van der Waals surface area contributed by atoms with Crippen LogP contribution in [0.25, 0.3) is 0 Å². The summed E-state index contributed by atoms with van der Waals surface area (Å²) in [5, 5.41) is 10.4. The largest absolute Gasteiger partial charge is 0.389 e. The Morgan fingerprint density at radius 2 is 2.05 bits per heavy atom. The van der Waals surface area contributed by atoms with Crippen LogP contribution in [-0.4, -0.2) is 48.5 Å². The van der Waals surface area contributed by atoms with Gasteiger partial charge in [0, 0.05) is 13.1 Å². The maximum Gasteiger partial charge on any atom is 0.0900 e. The summed E-state index contributed by atoms with van der Waals surface area (Å²) >= 11 is 0. The zero-order chi connectivity index (χ0) is 16.0. The van der Waals surface area contributed by atoms with Crippen molar-refractivity contribution in [3.63, 3.8) is 0 Å². The average Bonchev–Trinajstić information content (AvgIpc) is 2.89. The molecule has 0 radical (unpaired) electrons. The summed E-state index contributed by atoms with van der Waals surface area (Å²) in [6.45, 7) is 13.0. The fraction of sp³-hybridized carbons (Fsp3) is 1.00. The van der Waals surface area contributed by atoms with Gasteiger partial charge in [0.1, 0.15) is 0 Å². The number of piperidine rings is 1. The molecule has 0 aromatic heterocycles. The predicted molar refractivity (Wildman–Crippen MR) is 89.8 cm³/mol. The molecule has 0 unspecified atom stereocenters. The van der Waals surface area contributed by atoms with E-state index in [2.05, 4.69) is 32.6 Å². The summed E-state index contributed by atoms with van der Waals surface area (Å²) in [4.78, 5) is 2.41. The van der Waals surface area contributed by atoms with Crippen LogP contribution in [0, 0.1) is 22.7 Å². The van der Waals surface area contributed by atoms with Crippen LogP contribution in [0.15, 0.2) is 0 Å². The van der Waals surface area contributed by atoms with E-state index in [0.29, 0.717) is 18.1 Å². The Hall–Kier alpha value is -0.120. The van der Waals surface area contributed by atoms with Gasteiger partial charge in [-0.2, -0.15) is 0 Å². The van der Waals surface area contributed by atoms with Gasteiger partial charge in [0.25, 0.3) is 0 Å². The average molecular weight is 309 g/mol. The fourth-order valence-corrected chi connectivity index (χ4v) is 5.68. The monoisotopic (exact) mass is 309 g/mol. The first kappa shape index (κ1) is 16.7. The molecule has 22 heavy (non-hydrogen) atoms. The molecule has 5 atom stereocenters. The number of fused-ring (bicyclic) bond motifs is 2. The van der Waals surface area contributed by atoms with Crippen LogP contribution >= 0.6 is 0 Å². The van der Waals surface area contributed by atoms with Crippen LogP contribution < -0.4 is 0 Å². The van der Waals surface area contributed by atoms with Crippen LogP contribution in [0.4, 0.5) is 0 Å². The number of aliphatic hydroxyl groups is 1. The number of aliphatic hydroxyl groups excluding tert-OH is 1. The van der Waals surface area contributed by atoms with Crippen LogP contribution in [0.1, 0.15) is 59.8 Å². The lowest BCUT2D eigenvalue weighted by Crippen LogP contribution is -2.45. The van der Waals surface area contributed by atoms with E-state index in [9.17, 15) is 5.11 Å². The van der Waals surface area contributed by atoms with Gasteiger partial charge in [-0.15, -0.1) is 0 Å². The van der Waals surface area contributed by atoms with Crippen molar-refractivity contribution in [3.05, 3.63) is 0 Å². The van der Waals surface area contributed by atoms with Crippen molar-refractivity contribution in [3.8, 4) is 0 Å². The third-order valence-electron chi connectivity index (χ3n) is 6.80. The number of hydrogen-bond donors (Lipinski definition) is 1. The van der Waals surface area contributed by atoms with Gasteiger partial charge in [0.15, 0.2) is 0 Å². The zero-order valence-corrected chi connectivity index (χ0v) is 15.0. The minimum absolute atomic E-state index is 0.270. The Balaban J connectivity index is 1.49. The molecular formula is C19H35NO2. The number of ether oxygens (including phenoxy) is 1. The van der Waals surface area contributed by atoms with Crippen molar-refractivity contribution < 1.29 is 9.84 Å². The van der Waals surface area contributed by atoms with Crippen LogP contribution in [0.3, 0.4) is 0 Å². The highest BCUT2D eigenvalue weighted by Gasteiger charge is 2.60. The molecule has 3 fully saturated rings. The summed E-state index contributed by atoms with van der Waals surface area (Å²) in [7, 11) is 0. The second-order valence-corrected chi connectivity index (χ2v) is 9.29. The van der Waals surface area contributed by atoms with Crippen molar-refractivity contribution in [1.82, 2.24) is 4.90 Å². The summed E-state index contributed by atoms with van der Waals surface area (Å²) in [5.41, 5.74) is 0.611. The van der Waals surface area contributed by atoms with Gasteiger partial charge in [-0.1, -0.05) is 27.7 Å². The van der Waals surface area contributed by atoms with E-state index in [4.69, 9.17) is 4.74 Å². The molecule has 0 aromatic rings. The molecule has 3 heteroatoms. The third-order valence-corrected chi connectivity index (χ3v) is 6.80. The molecule has 128 valence electrons. The van der Waals surface area contributed by atoms with Gasteiger partial charge in [-0.05, 0) is 61.3 Å². The maximum absolute atomic E-state index is 10.4. The highest BCUT2D eigenvalue weighted by Crippen LogP contribution is 2.63. The highest BCUT2D eigenvalue weighted by atomic mass is 16.5. The van der Waals surface area contributed by atoms with Crippen molar-refractivity contribution in [2.75, 3.05) is 26.2 Å². The highest BCUT2D eigenvalue weighted by molar-refractivity contribution is 5.09. The second kappa shape index (κ2) is 6.07. The SMILES string of the molecule is C[C@@H]1CCCN(C[C@H](O)CO[C@@H]2C(C)(C)[C@H]3CC[C@@]2(C)C3)C1.